The standard InChI is InChI=1S/C17H26N2/c1-13(18)11-14-5-6-16-15(12-14)7-9-19(16)10-8-17(2,3)4/h5-7,9,12-13H,8,10-11,18H2,1-4H3. The minimum atomic E-state index is 0.223. The lowest BCUT2D eigenvalue weighted by molar-refractivity contribution is 0.353. The van der Waals surface area contributed by atoms with E-state index in [1.165, 1.54) is 22.9 Å². The molecule has 104 valence electrons. The summed E-state index contributed by atoms with van der Waals surface area (Å²) in [4.78, 5) is 0. The van der Waals surface area contributed by atoms with Crippen LogP contribution in [0.4, 0.5) is 0 Å². The monoisotopic (exact) mass is 258 g/mol. The molecule has 2 aromatic rings. The maximum atomic E-state index is 5.86. The Kier molecular flexibility index (Phi) is 4.00. The Balaban J connectivity index is 2.19. The molecule has 2 N–H and O–H groups in total. The SMILES string of the molecule is CC(N)Cc1ccc2c(ccn2CCC(C)(C)C)c1. The van der Waals surface area contributed by atoms with Gasteiger partial charge in [0.05, 0.1) is 0 Å². The molecule has 0 saturated carbocycles. The molecule has 0 fully saturated rings. The van der Waals surface area contributed by atoms with Gasteiger partial charge in [0.2, 0.25) is 0 Å². The minimum absolute atomic E-state index is 0.223. The van der Waals surface area contributed by atoms with Crippen LogP contribution in [-0.2, 0) is 13.0 Å². The quantitative estimate of drug-likeness (QED) is 0.884. The van der Waals surface area contributed by atoms with E-state index in [2.05, 4.69) is 62.7 Å². The zero-order chi connectivity index (χ0) is 14.0. The number of nitrogens with zero attached hydrogens (tertiary/aromatic N) is 1. The predicted molar refractivity (Wildman–Crippen MR) is 83.4 cm³/mol. The van der Waals surface area contributed by atoms with Crippen molar-refractivity contribution < 1.29 is 0 Å². The van der Waals surface area contributed by atoms with E-state index in [0.29, 0.717) is 5.41 Å². The van der Waals surface area contributed by atoms with E-state index in [4.69, 9.17) is 5.73 Å². The van der Waals surface area contributed by atoms with Crippen molar-refractivity contribution in [1.29, 1.82) is 0 Å². The summed E-state index contributed by atoms with van der Waals surface area (Å²) in [6.45, 7) is 10.0. The molecule has 0 radical (unpaired) electrons. The summed E-state index contributed by atoms with van der Waals surface area (Å²) in [6.07, 6.45) is 4.34. The highest BCUT2D eigenvalue weighted by Gasteiger charge is 2.11. The molecule has 1 aromatic carbocycles. The summed E-state index contributed by atoms with van der Waals surface area (Å²) in [7, 11) is 0. The first-order valence-corrected chi connectivity index (χ1v) is 7.18. The lowest BCUT2D eigenvalue weighted by Gasteiger charge is -2.18. The summed E-state index contributed by atoms with van der Waals surface area (Å²) in [6, 6.07) is 9.14. The number of aromatic nitrogens is 1. The maximum absolute atomic E-state index is 5.86. The zero-order valence-electron chi connectivity index (χ0n) is 12.6. The Bertz CT molecular complexity index is 544. The summed E-state index contributed by atoms with van der Waals surface area (Å²) in [5, 5.41) is 1.33. The van der Waals surface area contributed by atoms with Crippen molar-refractivity contribution in [2.45, 2.75) is 53.1 Å². The Morgan fingerprint density at radius 2 is 1.95 bits per heavy atom. The molecular weight excluding hydrogens is 232 g/mol. The first kappa shape index (κ1) is 14.1. The average Bonchev–Trinajstić information content (AvgIpc) is 2.67. The van der Waals surface area contributed by atoms with Crippen molar-refractivity contribution in [3.05, 3.63) is 36.0 Å². The molecule has 0 bridgehead atoms. The third kappa shape index (κ3) is 3.84. The van der Waals surface area contributed by atoms with Crippen LogP contribution in [0.2, 0.25) is 0 Å². The van der Waals surface area contributed by atoms with E-state index in [0.717, 1.165) is 13.0 Å². The number of benzene rings is 1. The molecule has 0 aliphatic rings. The Morgan fingerprint density at radius 1 is 1.21 bits per heavy atom. The van der Waals surface area contributed by atoms with Crippen LogP contribution >= 0.6 is 0 Å². The highest BCUT2D eigenvalue weighted by molar-refractivity contribution is 5.80. The van der Waals surface area contributed by atoms with E-state index >= 15 is 0 Å². The molecule has 19 heavy (non-hydrogen) atoms. The van der Waals surface area contributed by atoms with Crippen molar-refractivity contribution in [3.63, 3.8) is 0 Å². The molecule has 0 amide bonds. The molecular formula is C17H26N2. The van der Waals surface area contributed by atoms with Crippen LogP contribution in [-0.4, -0.2) is 10.6 Å². The fourth-order valence-corrected chi connectivity index (χ4v) is 2.40. The highest BCUT2D eigenvalue weighted by atomic mass is 14.9. The van der Waals surface area contributed by atoms with Gasteiger partial charge in [0.15, 0.2) is 0 Å². The van der Waals surface area contributed by atoms with E-state index in [-0.39, 0.29) is 6.04 Å². The lowest BCUT2D eigenvalue weighted by atomic mass is 9.92. The number of rotatable bonds is 4. The van der Waals surface area contributed by atoms with E-state index in [1.54, 1.807) is 0 Å². The Morgan fingerprint density at radius 3 is 2.58 bits per heavy atom. The van der Waals surface area contributed by atoms with Gasteiger partial charge in [-0.05, 0) is 54.3 Å². The second-order valence-electron chi connectivity index (χ2n) is 6.89. The molecule has 2 heteroatoms. The van der Waals surface area contributed by atoms with Gasteiger partial charge in [0.1, 0.15) is 0 Å². The van der Waals surface area contributed by atoms with Crippen LogP contribution in [0.5, 0.6) is 0 Å². The van der Waals surface area contributed by atoms with Crippen LogP contribution < -0.4 is 5.73 Å². The first-order chi connectivity index (χ1) is 8.85. The topological polar surface area (TPSA) is 30.9 Å². The Hall–Kier alpha value is -1.28. The van der Waals surface area contributed by atoms with Gasteiger partial charge >= 0.3 is 0 Å². The Labute approximate surface area is 116 Å². The lowest BCUT2D eigenvalue weighted by Crippen LogP contribution is -2.17. The van der Waals surface area contributed by atoms with Gasteiger partial charge in [0.25, 0.3) is 0 Å². The predicted octanol–water partition coefficient (Wildman–Crippen LogP) is 3.97. The number of fused-ring (bicyclic) bond motifs is 1. The average molecular weight is 258 g/mol. The van der Waals surface area contributed by atoms with Crippen LogP contribution in [0, 0.1) is 5.41 Å². The van der Waals surface area contributed by atoms with Gasteiger partial charge in [-0.25, -0.2) is 0 Å². The molecule has 2 nitrogen and oxygen atoms in total. The van der Waals surface area contributed by atoms with Crippen LogP contribution in [0.1, 0.15) is 39.7 Å². The van der Waals surface area contributed by atoms with Crippen molar-refractivity contribution in [2.24, 2.45) is 11.1 Å². The molecule has 1 aromatic heterocycles. The van der Waals surface area contributed by atoms with Crippen LogP contribution in [0.15, 0.2) is 30.5 Å². The van der Waals surface area contributed by atoms with Gasteiger partial charge in [-0.3, -0.25) is 0 Å². The number of hydrogen-bond acceptors (Lipinski definition) is 1. The third-order valence-corrected chi connectivity index (χ3v) is 3.50. The molecule has 1 atom stereocenters. The molecule has 0 aliphatic heterocycles. The number of hydrogen-bond donors (Lipinski definition) is 1. The van der Waals surface area contributed by atoms with E-state index in [9.17, 15) is 0 Å². The molecule has 0 saturated heterocycles. The molecule has 0 aliphatic carbocycles. The fourth-order valence-electron chi connectivity index (χ4n) is 2.40. The number of nitrogens with two attached hydrogens (primary N) is 1. The summed E-state index contributed by atoms with van der Waals surface area (Å²) < 4.78 is 2.36. The van der Waals surface area contributed by atoms with Gasteiger partial charge < -0.3 is 10.3 Å². The molecule has 2 rings (SSSR count). The van der Waals surface area contributed by atoms with Crippen LogP contribution in [0.3, 0.4) is 0 Å². The second kappa shape index (κ2) is 5.38. The minimum Gasteiger partial charge on any atom is -0.347 e. The summed E-state index contributed by atoms with van der Waals surface area (Å²) >= 11 is 0. The van der Waals surface area contributed by atoms with Gasteiger partial charge in [-0.1, -0.05) is 26.8 Å². The molecule has 0 spiro atoms. The summed E-state index contributed by atoms with van der Waals surface area (Å²) in [5.41, 5.74) is 8.91. The van der Waals surface area contributed by atoms with Gasteiger partial charge in [-0.2, -0.15) is 0 Å². The number of aryl methyl sites for hydroxylation is 1. The fraction of sp³-hybridized carbons (Fsp3) is 0.529. The first-order valence-electron chi connectivity index (χ1n) is 7.18. The zero-order valence-corrected chi connectivity index (χ0v) is 12.6. The smallest absolute Gasteiger partial charge is 0.0480 e. The van der Waals surface area contributed by atoms with Gasteiger partial charge in [0, 0.05) is 24.3 Å². The molecule has 1 heterocycles. The maximum Gasteiger partial charge on any atom is 0.0480 e. The van der Waals surface area contributed by atoms with E-state index < -0.39 is 0 Å². The van der Waals surface area contributed by atoms with Gasteiger partial charge in [-0.15, -0.1) is 0 Å². The van der Waals surface area contributed by atoms with Crippen molar-refractivity contribution >= 4 is 10.9 Å². The third-order valence-electron chi connectivity index (χ3n) is 3.50. The van der Waals surface area contributed by atoms with E-state index in [1.807, 2.05) is 0 Å². The molecule has 1 unspecified atom stereocenters. The normalized spacial score (nSPS) is 13.9. The van der Waals surface area contributed by atoms with Crippen LogP contribution in [0.25, 0.3) is 10.9 Å². The van der Waals surface area contributed by atoms with Crippen molar-refractivity contribution in [3.8, 4) is 0 Å². The summed E-state index contributed by atoms with van der Waals surface area (Å²) in [5.74, 6) is 0. The largest absolute Gasteiger partial charge is 0.347 e. The highest BCUT2D eigenvalue weighted by Crippen LogP contribution is 2.23. The van der Waals surface area contributed by atoms with Crippen molar-refractivity contribution in [1.82, 2.24) is 4.57 Å². The van der Waals surface area contributed by atoms with Crippen molar-refractivity contribution in [2.75, 3.05) is 0 Å². The second-order valence-corrected chi connectivity index (χ2v) is 6.89.